The molecular weight excluding hydrogens is 342 g/mol. The lowest BCUT2D eigenvalue weighted by Gasteiger charge is -2.18. The number of aliphatic hydroxyl groups excluding tert-OH is 1. The van der Waals surface area contributed by atoms with Crippen LogP contribution in [0.25, 0.3) is 0 Å². The van der Waals surface area contributed by atoms with Crippen molar-refractivity contribution in [2.45, 2.75) is 32.1 Å². The molecule has 4 nitrogen and oxygen atoms in total. The fourth-order valence-corrected chi connectivity index (χ4v) is 3.17. The van der Waals surface area contributed by atoms with Crippen LogP contribution in [0.2, 0.25) is 0 Å². The Hall–Kier alpha value is -1.07. The van der Waals surface area contributed by atoms with Crippen LogP contribution in [0.3, 0.4) is 0 Å². The molecule has 2 rings (SSSR count). The summed E-state index contributed by atoms with van der Waals surface area (Å²) in [7, 11) is 0. The fraction of sp³-hybridized carbons (Fsp3) is 0.588. The van der Waals surface area contributed by atoms with Gasteiger partial charge in [0, 0.05) is 29.6 Å². The Bertz CT molecular complexity index is 514. The van der Waals surface area contributed by atoms with Crippen LogP contribution in [0.5, 0.6) is 0 Å². The number of halogens is 1. The van der Waals surface area contributed by atoms with E-state index in [-0.39, 0.29) is 17.9 Å². The smallest absolute Gasteiger partial charge is 0.191 e. The lowest BCUT2D eigenvalue weighted by molar-refractivity contribution is 0.238. The Morgan fingerprint density at radius 2 is 2.09 bits per heavy atom. The van der Waals surface area contributed by atoms with Crippen LogP contribution < -0.4 is 10.6 Å². The zero-order chi connectivity index (χ0) is 16.0. The predicted octanol–water partition coefficient (Wildman–Crippen LogP) is 2.66. The molecule has 122 valence electrons. The van der Waals surface area contributed by atoms with Crippen molar-refractivity contribution < 1.29 is 5.11 Å². The first-order valence-corrected chi connectivity index (χ1v) is 8.78. The third-order valence-electron chi connectivity index (χ3n) is 4.11. The topological polar surface area (TPSA) is 56.7 Å². The molecule has 1 aliphatic carbocycles. The van der Waals surface area contributed by atoms with Crippen molar-refractivity contribution in [1.29, 1.82) is 0 Å². The molecule has 0 radical (unpaired) electrons. The Labute approximate surface area is 141 Å². The Morgan fingerprint density at radius 1 is 1.36 bits per heavy atom. The summed E-state index contributed by atoms with van der Waals surface area (Å²) in [4.78, 5) is 4.76. The molecule has 0 spiro atoms. The van der Waals surface area contributed by atoms with E-state index in [4.69, 9.17) is 10.1 Å². The Kier molecular flexibility index (Phi) is 6.26. The second kappa shape index (κ2) is 7.97. The molecule has 1 aromatic rings. The van der Waals surface area contributed by atoms with Crippen molar-refractivity contribution in [3.8, 4) is 0 Å². The third kappa shape index (κ3) is 4.46. The molecule has 1 unspecified atom stereocenters. The molecule has 0 amide bonds. The minimum Gasteiger partial charge on any atom is -0.396 e. The fourth-order valence-electron chi connectivity index (χ4n) is 2.46. The van der Waals surface area contributed by atoms with Crippen LogP contribution in [-0.2, 0) is 5.41 Å². The highest BCUT2D eigenvalue weighted by Gasteiger charge is 2.45. The van der Waals surface area contributed by atoms with Crippen LogP contribution in [0.15, 0.2) is 33.7 Å². The van der Waals surface area contributed by atoms with Gasteiger partial charge in [-0.15, -0.1) is 0 Å². The van der Waals surface area contributed by atoms with Crippen molar-refractivity contribution >= 4 is 21.9 Å². The van der Waals surface area contributed by atoms with E-state index in [9.17, 15) is 0 Å². The van der Waals surface area contributed by atoms with Gasteiger partial charge in [-0.3, -0.25) is 4.99 Å². The van der Waals surface area contributed by atoms with Crippen molar-refractivity contribution in [3.63, 3.8) is 0 Å². The summed E-state index contributed by atoms with van der Waals surface area (Å²) in [6.45, 7) is 6.62. The molecule has 1 aromatic carbocycles. The van der Waals surface area contributed by atoms with E-state index in [1.165, 1.54) is 22.9 Å². The quantitative estimate of drug-likeness (QED) is 0.512. The maximum Gasteiger partial charge on any atom is 0.191 e. The van der Waals surface area contributed by atoms with Gasteiger partial charge in [-0.25, -0.2) is 0 Å². The van der Waals surface area contributed by atoms with E-state index in [2.05, 4.69) is 57.8 Å². The number of hydrogen-bond acceptors (Lipinski definition) is 2. The number of guanidine groups is 1. The highest BCUT2D eigenvalue weighted by molar-refractivity contribution is 9.10. The zero-order valence-electron chi connectivity index (χ0n) is 13.4. The minimum atomic E-state index is 0.186. The lowest BCUT2D eigenvalue weighted by Crippen LogP contribution is -2.40. The predicted molar refractivity (Wildman–Crippen MR) is 95.3 cm³/mol. The van der Waals surface area contributed by atoms with Gasteiger partial charge >= 0.3 is 0 Å². The summed E-state index contributed by atoms with van der Waals surface area (Å²) in [5.74, 6) is 1.06. The number of nitrogens with zero attached hydrogens (tertiary/aromatic N) is 1. The molecule has 0 aromatic heterocycles. The monoisotopic (exact) mass is 367 g/mol. The van der Waals surface area contributed by atoms with Gasteiger partial charge in [0.2, 0.25) is 0 Å². The van der Waals surface area contributed by atoms with Crippen molar-refractivity contribution in [2.24, 2.45) is 10.9 Å². The SMILES string of the molecule is CCNC(=NCC1(c2ccccc2Br)CC1)NCC(C)CO. The molecule has 1 atom stereocenters. The molecule has 0 saturated heterocycles. The first kappa shape index (κ1) is 17.3. The molecule has 0 aliphatic heterocycles. The zero-order valence-corrected chi connectivity index (χ0v) is 15.0. The first-order chi connectivity index (χ1) is 10.6. The van der Waals surface area contributed by atoms with E-state index >= 15 is 0 Å². The standard InChI is InChI=1S/C17H26BrN3O/c1-3-19-16(20-10-13(2)11-22)21-12-17(8-9-17)14-6-4-5-7-15(14)18/h4-7,13,22H,3,8-12H2,1-2H3,(H2,19,20,21). The van der Waals surface area contributed by atoms with E-state index < -0.39 is 0 Å². The first-order valence-electron chi connectivity index (χ1n) is 7.99. The Balaban J connectivity index is 2.02. The summed E-state index contributed by atoms with van der Waals surface area (Å²) < 4.78 is 1.18. The van der Waals surface area contributed by atoms with Crippen LogP contribution in [0.1, 0.15) is 32.3 Å². The number of benzene rings is 1. The van der Waals surface area contributed by atoms with Gasteiger partial charge in [0.1, 0.15) is 0 Å². The molecule has 3 N–H and O–H groups in total. The molecular formula is C17H26BrN3O. The lowest BCUT2D eigenvalue weighted by atomic mass is 9.96. The molecule has 1 aliphatic rings. The molecule has 0 bridgehead atoms. The van der Waals surface area contributed by atoms with E-state index in [1.54, 1.807) is 0 Å². The second-order valence-corrected chi connectivity index (χ2v) is 6.98. The van der Waals surface area contributed by atoms with Gasteiger partial charge < -0.3 is 15.7 Å². The Morgan fingerprint density at radius 3 is 2.68 bits per heavy atom. The van der Waals surface area contributed by atoms with Crippen molar-refractivity contribution in [1.82, 2.24) is 10.6 Å². The normalized spacial score (nSPS) is 17.9. The summed E-state index contributed by atoms with van der Waals surface area (Å²) >= 11 is 3.66. The average Bonchev–Trinajstić information content (AvgIpc) is 3.31. The number of aliphatic hydroxyl groups is 1. The third-order valence-corrected chi connectivity index (χ3v) is 4.80. The highest BCUT2D eigenvalue weighted by Crippen LogP contribution is 2.50. The van der Waals surface area contributed by atoms with E-state index in [1.807, 2.05) is 6.92 Å². The van der Waals surface area contributed by atoms with E-state index in [0.29, 0.717) is 0 Å². The minimum absolute atomic E-state index is 0.186. The molecule has 22 heavy (non-hydrogen) atoms. The highest BCUT2D eigenvalue weighted by atomic mass is 79.9. The summed E-state index contributed by atoms with van der Waals surface area (Å²) in [5.41, 5.74) is 1.55. The molecule has 1 saturated carbocycles. The number of rotatable bonds is 7. The van der Waals surface area contributed by atoms with Gasteiger partial charge in [-0.05, 0) is 37.3 Å². The van der Waals surface area contributed by atoms with Crippen LogP contribution in [0.4, 0.5) is 0 Å². The average molecular weight is 368 g/mol. The van der Waals surface area contributed by atoms with Crippen LogP contribution in [0, 0.1) is 5.92 Å². The molecule has 1 fully saturated rings. The van der Waals surface area contributed by atoms with Gasteiger partial charge in [0.25, 0.3) is 0 Å². The van der Waals surface area contributed by atoms with Gasteiger partial charge in [-0.2, -0.15) is 0 Å². The van der Waals surface area contributed by atoms with Gasteiger partial charge in [-0.1, -0.05) is 41.1 Å². The summed E-state index contributed by atoms with van der Waals surface area (Å²) in [6.07, 6.45) is 2.37. The van der Waals surface area contributed by atoms with Gasteiger partial charge in [0.05, 0.1) is 6.54 Å². The largest absolute Gasteiger partial charge is 0.396 e. The summed E-state index contributed by atoms with van der Waals surface area (Å²) in [5, 5.41) is 15.7. The maximum atomic E-state index is 9.12. The van der Waals surface area contributed by atoms with Crippen molar-refractivity contribution in [2.75, 3.05) is 26.2 Å². The summed E-state index contributed by atoms with van der Waals surface area (Å²) in [6, 6.07) is 8.44. The second-order valence-electron chi connectivity index (χ2n) is 6.12. The van der Waals surface area contributed by atoms with E-state index in [0.717, 1.165) is 25.6 Å². The van der Waals surface area contributed by atoms with Crippen LogP contribution in [-0.4, -0.2) is 37.3 Å². The van der Waals surface area contributed by atoms with Crippen LogP contribution >= 0.6 is 15.9 Å². The van der Waals surface area contributed by atoms with Gasteiger partial charge in [0.15, 0.2) is 5.96 Å². The number of hydrogen-bond donors (Lipinski definition) is 3. The molecule has 5 heteroatoms. The maximum absolute atomic E-state index is 9.12. The molecule has 0 heterocycles. The number of aliphatic imine (C=N–C) groups is 1. The van der Waals surface area contributed by atoms with Crippen molar-refractivity contribution in [3.05, 3.63) is 34.3 Å². The number of nitrogens with one attached hydrogen (secondary N) is 2.